The van der Waals surface area contributed by atoms with Crippen LogP contribution < -0.4 is 11.1 Å². The van der Waals surface area contributed by atoms with Gasteiger partial charge in [-0.25, -0.2) is 4.79 Å². The van der Waals surface area contributed by atoms with Crippen LogP contribution in [-0.4, -0.2) is 46.3 Å². The fraction of sp³-hybridized carbons (Fsp3) is 0.667. The summed E-state index contributed by atoms with van der Waals surface area (Å²) in [6.07, 6.45) is 2.38. The minimum absolute atomic E-state index is 0.0117. The van der Waals surface area contributed by atoms with Crippen molar-refractivity contribution in [1.82, 2.24) is 20.0 Å². The Labute approximate surface area is 141 Å². The molecule has 0 spiro atoms. The number of nitrogens with one attached hydrogen (secondary N) is 1. The van der Waals surface area contributed by atoms with Gasteiger partial charge in [-0.15, -0.1) is 0 Å². The van der Waals surface area contributed by atoms with Gasteiger partial charge in [-0.05, 0) is 33.1 Å². The van der Waals surface area contributed by atoms with E-state index in [1.807, 2.05) is 18.5 Å². The smallest absolute Gasteiger partial charge is 0.314 e. The molecule has 0 saturated carbocycles. The molecule has 0 aromatic carbocycles. The molecule has 23 heavy (non-hydrogen) atoms. The monoisotopic (exact) mass is 341 g/mol. The van der Waals surface area contributed by atoms with Gasteiger partial charge in [0, 0.05) is 26.2 Å². The Kier molecular flexibility index (Phi) is 5.87. The molecule has 1 atom stereocenters. The van der Waals surface area contributed by atoms with Crippen molar-refractivity contribution in [1.29, 1.82) is 0 Å². The Morgan fingerprint density at radius 1 is 1.43 bits per heavy atom. The van der Waals surface area contributed by atoms with Crippen molar-refractivity contribution < 1.29 is 9.59 Å². The number of rotatable bonds is 5. The first-order valence-corrected chi connectivity index (χ1v) is 8.29. The van der Waals surface area contributed by atoms with E-state index in [1.165, 1.54) is 4.90 Å². The Morgan fingerprint density at radius 2 is 2.17 bits per heavy atom. The summed E-state index contributed by atoms with van der Waals surface area (Å²) in [5.74, 6) is -0.179. The van der Waals surface area contributed by atoms with Crippen LogP contribution in [0.4, 0.5) is 4.79 Å². The van der Waals surface area contributed by atoms with Crippen LogP contribution in [0.5, 0.6) is 0 Å². The standard InChI is InChI=1S/C15H24ClN5O2/c1-10-13(16)11(2)21(19-10)8-4-6-18-14(22)12-5-3-7-20(9-12)15(17)23/h12H,3-9H2,1-2H3,(H2,17,23)(H,18,22)/t12-/m0/s1. The van der Waals surface area contributed by atoms with E-state index in [4.69, 9.17) is 17.3 Å². The van der Waals surface area contributed by atoms with Gasteiger partial charge in [-0.1, -0.05) is 11.6 Å². The Morgan fingerprint density at radius 3 is 2.78 bits per heavy atom. The number of likely N-dealkylation sites (tertiary alicyclic amines) is 1. The second-order valence-corrected chi connectivity index (χ2v) is 6.35. The summed E-state index contributed by atoms with van der Waals surface area (Å²) < 4.78 is 1.86. The molecule has 0 radical (unpaired) electrons. The summed E-state index contributed by atoms with van der Waals surface area (Å²) in [6, 6.07) is -0.455. The number of amides is 3. The Balaban J connectivity index is 1.74. The number of aromatic nitrogens is 2. The normalized spacial score (nSPS) is 18.0. The highest BCUT2D eigenvalue weighted by molar-refractivity contribution is 6.31. The van der Waals surface area contributed by atoms with E-state index in [0.29, 0.717) is 31.2 Å². The number of halogens is 1. The highest BCUT2D eigenvalue weighted by Gasteiger charge is 2.27. The van der Waals surface area contributed by atoms with E-state index >= 15 is 0 Å². The molecule has 1 aromatic heterocycles. The maximum Gasteiger partial charge on any atom is 0.314 e. The lowest BCUT2D eigenvalue weighted by Gasteiger charge is -2.30. The largest absolute Gasteiger partial charge is 0.356 e. The third-order valence-electron chi connectivity index (χ3n) is 4.24. The molecule has 3 N–H and O–H groups in total. The van der Waals surface area contributed by atoms with Gasteiger partial charge in [0.2, 0.25) is 5.91 Å². The van der Waals surface area contributed by atoms with Gasteiger partial charge < -0.3 is 16.0 Å². The number of carbonyl (C=O) groups is 2. The second-order valence-electron chi connectivity index (χ2n) is 5.98. The number of primary amides is 1. The van der Waals surface area contributed by atoms with Gasteiger partial charge in [-0.2, -0.15) is 5.10 Å². The first kappa shape index (κ1) is 17.6. The number of nitrogens with zero attached hydrogens (tertiary/aromatic N) is 3. The summed E-state index contributed by atoms with van der Waals surface area (Å²) >= 11 is 6.11. The summed E-state index contributed by atoms with van der Waals surface area (Å²) in [4.78, 5) is 24.9. The van der Waals surface area contributed by atoms with Crippen LogP contribution >= 0.6 is 11.6 Å². The predicted octanol–water partition coefficient (Wildman–Crippen LogP) is 1.45. The molecule has 128 valence electrons. The van der Waals surface area contributed by atoms with Crippen molar-refractivity contribution in [3.05, 3.63) is 16.4 Å². The summed E-state index contributed by atoms with van der Waals surface area (Å²) in [6.45, 7) is 6.13. The van der Waals surface area contributed by atoms with E-state index in [9.17, 15) is 9.59 Å². The van der Waals surface area contributed by atoms with E-state index in [1.54, 1.807) is 0 Å². The van der Waals surface area contributed by atoms with Crippen LogP contribution in [0.25, 0.3) is 0 Å². The van der Waals surface area contributed by atoms with Crippen molar-refractivity contribution in [3.8, 4) is 0 Å². The van der Waals surface area contributed by atoms with Crippen molar-refractivity contribution in [3.63, 3.8) is 0 Å². The van der Waals surface area contributed by atoms with Gasteiger partial charge in [0.25, 0.3) is 0 Å². The van der Waals surface area contributed by atoms with Crippen molar-refractivity contribution in [2.75, 3.05) is 19.6 Å². The van der Waals surface area contributed by atoms with E-state index in [2.05, 4.69) is 10.4 Å². The molecule has 0 aliphatic carbocycles. The molecule has 1 fully saturated rings. The number of urea groups is 1. The summed E-state index contributed by atoms with van der Waals surface area (Å²) in [5.41, 5.74) is 7.04. The van der Waals surface area contributed by atoms with Gasteiger partial charge >= 0.3 is 6.03 Å². The van der Waals surface area contributed by atoms with Crippen LogP contribution in [0.15, 0.2) is 0 Å². The number of aryl methyl sites for hydroxylation is 2. The summed E-state index contributed by atoms with van der Waals surface area (Å²) in [5, 5.41) is 7.99. The van der Waals surface area contributed by atoms with Gasteiger partial charge in [0.15, 0.2) is 0 Å². The third-order valence-corrected chi connectivity index (χ3v) is 4.79. The quantitative estimate of drug-likeness (QED) is 0.794. The molecule has 3 amide bonds. The number of piperidine rings is 1. The Bertz CT molecular complexity index is 587. The fourth-order valence-corrected chi connectivity index (χ4v) is 3.00. The van der Waals surface area contributed by atoms with Gasteiger partial charge in [0.1, 0.15) is 0 Å². The lowest BCUT2D eigenvalue weighted by atomic mass is 9.97. The van der Waals surface area contributed by atoms with Crippen LogP contribution in [-0.2, 0) is 11.3 Å². The zero-order valence-electron chi connectivity index (χ0n) is 13.6. The van der Waals surface area contributed by atoms with Crippen LogP contribution in [0.1, 0.15) is 30.7 Å². The minimum Gasteiger partial charge on any atom is -0.356 e. The minimum atomic E-state index is -0.455. The second kappa shape index (κ2) is 7.68. The molecule has 0 unspecified atom stereocenters. The lowest BCUT2D eigenvalue weighted by molar-refractivity contribution is -0.126. The average Bonchev–Trinajstić information content (AvgIpc) is 2.78. The first-order chi connectivity index (χ1) is 10.9. The molecule has 1 saturated heterocycles. The molecule has 8 heteroatoms. The zero-order valence-corrected chi connectivity index (χ0v) is 14.4. The topological polar surface area (TPSA) is 93.2 Å². The molecule has 0 bridgehead atoms. The van der Waals surface area contributed by atoms with Gasteiger partial charge in [-0.3, -0.25) is 9.48 Å². The Hall–Kier alpha value is -1.76. The molecule has 1 aromatic rings. The molecule has 2 rings (SSSR count). The molecule has 1 aliphatic heterocycles. The molecule has 1 aliphatic rings. The average molecular weight is 342 g/mol. The molecule has 7 nitrogen and oxygen atoms in total. The van der Waals surface area contributed by atoms with Crippen LogP contribution in [0.2, 0.25) is 5.02 Å². The molecular weight excluding hydrogens is 318 g/mol. The maximum absolute atomic E-state index is 12.2. The highest BCUT2D eigenvalue weighted by atomic mass is 35.5. The van der Waals surface area contributed by atoms with E-state index in [-0.39, 0.29) is 11.8 Å². The van der Waals surface area contributed by atoms with E-state index < -0.39 is 6.03 Å². The number of hydrogen-bond acceptors (Lipinski definition) is 3. The SMILES string of the molecule is Cc1nn(CCCNC(=O)[C@H]2CCCN(C(N)=O)C2)c(C)c1Cl. The van der Waals surface area contributed by atoms with Crippen LogP contribution in [0, 0.1) is 19.8 Å². The molecule has 2 heterocycles. The predicted molar refractivity (Wildman–Crippen MR) is 88.2 cm³/mol. The summed E-state index contributed by atoms with van der Waals surface area (Å²) in [7, 11) is 0. The third kappa shape index (κ3) is 4.37. The van der Waals surface area contributed by atoms with E-state index in [0.717, 1.165) is 30.7 Å². The van der Waals surface area contributed by atoms with Crippen molar-refractivity contribution in [2.24, 2.45) is 11.7 Å². The molecular formula is C15H24ClN5O2. The van der Waals surface area contributed by atoms with Crippen molar-refractivity contribution >= 4 is 23.5 Å². The number of hydrogen-bond donors (Lipinski definition) is 2. The number of nitrogens with two attached hydrogens (primary N) is 1. The first-order valence-electron chi connectivity index (χ1n) is 7.91. The zero-order chi connectivity index (χ0) is 17.0. The van der Waals surface area contributed by atoms with Crippen LogP contribution in [0.3, 0.4) is 0 Å². The maximum atomic E-state index is 12.2. The fourth-order valence-electron chi connectivity index (χ4n) is 2.87. The van der Waals surface area contributed by atoms with Gasteiger partial charge in [0.05, 0.1) is 22.3 Å². The number of carbonyl (C=O) groups excluding carboxylic acids is 2. The van der Waals surface area contributed by atoms with Crippen molar-refractivity contribution in [2.45, 2.75) is 39.7 Å². The highest BCUT2D eigenvalue weighted by Crippen LogP contribution is 2.19. The lowest BCUT2D eigenvalue weighted by Crippen LogP contribution is -2.47.